The van der Waals surface area contributed by atoms with Crippen LogP contribution < -0.4 is 4.74 Å². The monoisotopic (exact) mass is 382 g/mol. The van der Waals surface area contributed by atoms with Crippen molar-refractivity contribution < 1.29 is 17.5 Å². The summed E-state index contributed by atoms with van der Waals surface area (Å²) < 4.78 is 45.9. The molecule has 1 saturated heterocycles. The molecule has 2 aromatic rings. The summed E-state index contributed by atoms with van der Waals surface area (Å²) >= 11 is 0. The smallest absolute Gasteiger partial charge is 0.246 e. The molecule has 2 heterocycles. The lowest BCUT2D eigenvalue weighted by Gasteiger charge is -2.34. The SMILES string of the molecule is COc1ccc(CN2CCN(S(=O)(=O)c3c(C)n[nH]c3C)CC2)cc1F. The van der Waals surface area contributed by atoms with E-state index in [1.165, 1.54) is 17.5 Å². The van der Waals surface area contributed by atoms with Gasteiger partial charge in [0.05, 0.1) is 18.5 Å². The fraction of sp³-hybridized carbons (Fsp3) is 0.471. The van der Waals surface area contributed by atoms with E-state index in [1.54, 1.807) is 19.9 Å². The molecule has 1 aliphatic heterocycles. The maximum Gasteiger partial charge on any atom is 0.246 e. The Labute approximate surface area is 152 Å². The Kier molecular flexibility index (Phi) is 5.31. The Bertz CT molecular complexity index is 870. The molecular weight excluding hydrogens is 359 g/mol. The molecule has 7 nitrogen and oxygen atoms in total. The molecule has 0 atom stereocenters. The first kappa shape index (κ1) is 18.8. The van der Waals surface area contributed by atoms with E-state index in [-0.39, 0.29) is 10.6 Å². The number of aromatic nitrogens is 2. The van der Waals surface area contributed by atoms with Crippen LogP contribution in [0.4, 0.5) is 4.39 Å². The standard InChI is InChI=1S/C17H23FN4O3S/c1-12-17(13(2)20-19-12)26(23,24)22-8-6-21(7-9-22)11-14-4-5-16(25-3)15(18)10-14/h4-5,10H,6-9,11H2,1-3H3,(H,19,20). The second-order valence-corrected chi connectivity index (χ2v) is 8.29. The number of sulfonamides is 1. The molecule has 3 rings (SSSR count). The summed E-state index contributed by atoms with van der Waals surface area (Å²) in [6.45, 7) is 5.92. The molecule has 1 N–H and O–H groups in total. The van der Waals surface area contributed by atoms with Crippen LogP contribution in [0.25, 0.3) is 0 Å². The van der Waals surface area contributed by atoms with Crippen molar-refractivity contribution in [3.63, 3.8) is 0 Å². The first-order chi connectivity index (χ1) is 12.3. The van der Waals surface area contributed by atoms with E-state index >= 15 is 0 Å². The number of H-pyrrole nitrogens is 1. The van der Waals surface area contributed by atoms with Gasteiger partial charge in [0.15, 0.2) is 11.6 Å². The van der Waals surface area contributed by atoms with Gasteiger partial charge in [-0.15, -0.1) is 0 Å². The second kappa shape index (κ2) is 7.34. The minimum Gasteiger partial charge on any atom is -0.494 e. The summed E-state index contributed by atoms with van der Waals surface area (Å²) in [5.74, 6) is -0.173. The Hall–Kier alpha value is -1.97. The summed E-state index contributed by atoms with van der Waals surface area (Å²) in [5, 5.41) is 6.71. The average molecular weight is 382 g/mol. The molecule has 9 heteroatoms. The number of benzene rings is 1. The van der Waals surface area contributed by atoms with Gasteiger partial charge >= 0.3 is 0 Å². The van der Waals surface area contributed by atoms with Crippen LogP contribution in [0.15, 0.2) is 23.1 Å². The van der Waals surface area contributed by atoms with Crippen LogP contribution in [0, 0.1) is 19.7 Å². The van der Waals surface area contributed by atoms with Crippen molar-refractivity contribution in [1.29, 1.82) is 0 Å². The predicted molar refractivity (Wildman–Crippen MR) is 95.0 cm³/mol. The summed E-state index contributed by atoms with van der Waals surface area (Å²) in [6, 6.07) is 4.89. The third kappa shape index (κ3) is 3.60. The van der Waals surface area contributed by atoms with E-state index in [1.807, 2.05) is 6.07 Å². The van der Waals surface area contributed by atoms with E-state index in [0.29, 0.717) is 44.1 Å². The van der Waals surface area contributed by atoms with Crippen LogP contribution in [-0.4, -0.2) is 61.1 Å². The number of hydrogen-bond acceptors (Lipinski definition) is 5. The van der Waals surface area contributed by atoms with E-state index in [9.17, 15) is 12.8 Å². The van der Waals surface area contributed by atoms with Crippen LogP contribution in [0.5, 0.6) is 5.75 Å². The number of nitrogens with zero attached hydrogens (tertiary/aromatic N) is 3. The van der Waals surface area contributed by atoms with Crippen molar-refractivity contribution >= 4 is 10.0 Å². The molecule has 0 spiro atoms. The molecule has 0 saturated carbocycles. The highest BCUT2D eigenvalue weighted by Crippen LogP contribution is 2.24. The third-order valence-electron chi connectivity index (χ3n) is 4.61. The van der Waals surface area contributed by atoms with Crippen molar-refractivity contribution in [3.8, 4) is 5.75 Å². The molecule has 1 aromatic carbocycles. The Balaban J connectivity index is 1.65. The number of rotatable bonds is 5. The highest BCUT2D eigenvalue weighted by molar-refractivity contribution is 7.89. The molecule has 1 fully saturated rings. The minimum absolute atomic E-state index is 0.218. The highest BCUT2D eigenvalue weighted by atomic mass is 32.2. The largest absolute Gasteiger partial charge is 0.494 e. The van der Waals surface area contributed by atoms with Crippen LogP contribution in [0.2, 0.25) is 0 Å². The lowest BCUT2D eigenvalue weighted by Crippen LogP contribution is -2.48. The van der Waals surface area contributed by atoms with Crippen LogP contribution in [-0.2, 0) is 16.6 Å². The fourth-order valence-corrected chi connectivity index (χ4v) is 5.00. The molecule has 0 amide bonds. The van der Waals surface area contributed by atoms with Crippen molar-refractivity contribution in [2.75, 3.05) is 33.3 Å². The summed E-state index contributed by atoms with van der Waals surface area (Å²) in [6.07, 6.45) is 0. The summed E-state index contributed by atoms with van der Waals surface area (Å²) in [4.78, 5) is 2.38. The van der Waals surface area contributed by atoms with Crippen molar-refractivity contribution in [2.45, 2.75) is 25.3 Å². The quantitative estimate of drug-likeness (QED) is 0.851. The Morgan fingerprint density at radius 2 is 1.92 bits per heavy atom. The predicted octanol–water partition coefficient (Wildman–Crippen LogP) is 1.68. The summed E-state index contributed by atoms with van der Waals surface area (Å²) in [7, 11) is -2.12. The molecule has 1 aromatic heterocycles. The number of ether oxygens (including phenoxy) is 1. The highest BCUT2D eigenvalue weighted by Gasteiger charge is 2.32. The van der Waals surface area contributed by atoms with Crippen LogP contribution in [0.3, 0.4) is 0 Å². The molecule has 26 heavy (non-hydrogen) atoms. The number of aromatic amines is 1. The normalized spacial score (nSPS) is 16.8. The van der Waals surface area contributed by atoms with Gasteiger partial charge < -0.3 is 4.74 Å². The number of piperazine rings is 1. The van der Waals surface area contributed by atoms with Gasteiger partial charge in [0, 0.05) is 32.7 Å². The van der Waals surface area contributed by atoms with Gasteiger partial charge in [0.25, 0.3) is 0 Å². The zero-order valence-corrected chi connectivity index (χ0v) is 15.9. The zero-order chi connectivity index (χ0) is 18.9. The molecule has 0 bridgehead atoms. The maximum atomic E-state index is 13.8. The fourth-order valence-electron chi connectivity index (χ4n) is 3.24. The van der Waals surface area contributed by atoms with E-state index in [0.717, 1.165) is 5.56 Å². The van der Waals surface area contributed by atoms with Crippen molar-refractivity contribution in [2.24, 2.45) is 0 Å². The second-order valence-electron chi connectivity index (χ2n) is 6.41. The van der Waals surface area contributed by atoms with Gasteiger partial charge in [0.2, 0.25) is 10.0 Å². The van der Waals surface area contributed by atoms with Crippen molar-refractivity contribution in [3.05, 3.63) is 41.0 Å². The van der Waals surface area contributed by atoms with Gasteiger partial charge in [0.1, 0.15) is 4.90 Å². The van der Waals surface area contributed by atoms with Gasteiger partial charge in [-0.2, -0.15) is 9.40 Å². The van der Waals surface area contributed by atoms with Gasteiger partial charge in [-0.3, -0.25) is 10.00 Å². The van der Waals surface area contributed by atoms with E-state index < -0.39 is 15.8 Å². The van der Waals surface area contributed by atoms with Crippen LogP contribution in [0.1, 0.15) is 17.0 Å². The molecule has 1 aliphatic rings. The van der Waals surface area contributed by atoms with E-state index in [4.69, 9.17) is 4.74 Å². The number of nitrogens with one attached hydrogen (secondary N) is 1. The van der Waals surface area contributed by atoms with Crippen molar-refractivity contribution in [1.82, 2.24) is 19.4 Å². The first-order valence-electron chi connectivity index (χ1n) is 8.39. The number of halogens is 1. The zero-order valence-electron chi connectivity index (χ0n) is 15.1. The summed E-state index contributed by atoms with van der Waals surface area (Å²) in [5.41, 5.74) is 1.87. The Morgan fingerprint density at radius 1 is 1.23 bits per heavy atom. The maximum absolute atomic E-state index is 13.8. The topological polar surface area (TPSA) is 78.5 Å². The number of aryl methyl sites for hydroxylation is 2. The molecule has 0 aliphatic carbocycles. The molecule has 0 unspecified atom stereocenters. The minimum atomic E-state index is -3.56. The molecule has 142 valence electrons. The first-order valence-corrected chi connectivity index (χ1v) is 9.83. The average Bonchev–Trinajstić information content (AvgIpc) is 2.95. The molecule has 0 radical (unpaired) electrons. The lowest BCUT2D eigenvalue weighted by atomic mass is 10.2. The number of hydrogen-bond donors (Lipinski definition) is 1. The number of methoxy groups -OCH3 is 1. The molecular formula is C17H23FN4O3S. The third-order valence-corrected chi connectivity index (χ3v) is 6.77. The van der Waals surface area contributed by atoms with E-state index in [2.05, 4.69) is 15.1 Å². The van der Waals surface area contributed by atoms with Gasteiger partial charge in [-0.25, -0.2) is 12.8 Å². The Morgan fingerprint density at radius 3 is 2.46 bits per heavy atom. The van der Waals surface area contributed by atoms with Gasteiger partial charge in [-0.1, -0.05) is 6.07 Å². The van der Waals surface area contributed by atoms with Crippen LogP contribution >= 0.6 is 0 Å². The lowest BCUT2D eigenvalue weighted by molar-refractivity contribution is 0.181. The van der Waals surface area contributed by atoms with Gasteiger partial charge in [-0.05, 0) is 31.5 Å².